The van der Waals surface area contributed by atoms with Gasteiger partial charge in [-0.15, -0.1) is 0 Å². The molecule has 0 spiro atoms. The topological polar surface area (TPSA) is 40.5 Å². The Morgan fingerprint density at radius 1 is 1.17 bits per heavy atom. The molecule has 1 fully saturated rings. The summed E-state index contributed by atoms with van der Waals surface area (Å²) in [6.45, 7) is 4.01. The fourth-order valence-electron chi connectivity index (χ4n) is 2.03. The van der Waals surface area contributed by atoms with Crippen molar-refractivity contribution in [1.29, 1.82) is 0 Å². The highest BCUT2D eigenvalue weighted by Gasteiger charge is 2.30. The van der Waals surface area contributed by atoms with E-state index < -0.39 is 0 Å². The minimum absolute atomic E-state index is 0.124. The van der Waals surface area contributed by atoms with Crippen LogP contribution >= 0.6 is 0 Å². The van der Waals surface area contributed by atoms with Crippen molar-refractivity contribution in [1.82, 2.24) is 0 Å². The van der Waals surface area contributed by atoms with Crippen molar-refractivity contribution in [3.63, 3.8) is 0 Å². The molecule has 1 rings (SSSR count). The van der Waals surface area contributed by atoms with E-state index in [9.17, 15) is 10.2 Å². The predicted octanol–water partition coefficient (Wildman–Crippen LogP) is 1.55. The Morgan fingerprint density at radius 2 is 1.75 bits per heavy atom. The third-order valence-corrected chi connectivity index (χ3v) is 2.90. The molecular weight excluding hydrogens is 152 g/mol. The van der Waals surface area contributed by atoms with Crippen molar-refractivity contribution in [2.24, 2.45) is 11.8 Å². The van der Waals surface area contributed by atoms with Crippen LogP contribution in [0.25, 0.3) is 0 Å². The number of aliphatic hydroxyl groups excluding tert-OH is 2. The van der Waals surface area contributed by atoms with Gasteiger partial charge in [-0.2, -0.15) is 0 Å². The molecule has 3 atom stereocenters. The smallest absolute Gasteiger partial charge is 0.0615 e. The van der Waals surface area contributed by atoms with E-state index in [1.807, 2.05) is 13.8 Å². The third kappa shape index (κ3) is 2.20. The molecule has 2 nitrogen and oxygen atoms in total. The second-order valence-electron chi connectivity index (χ2n) is 4.25. The lowest BCUT2D eigenvalue weighted by Gasteiger charge is -2.33. The molecule has 2 heteroatoms. The fourth-order valence-corrected chi connectivity index (χ4v) is 2.03. The Hall–Kier alpha value is -0.0800. The van der Waals surface area contributed by atoms with Gasteiger partial charge in [0.25, 0.3) is 0 Å². The summed E-state index contributed by atoms with van der Waals surface area (Å²) in [5.74, 6) is 0.390. The molecule has 0 radical (unpaired) electrons. The van der Waals surface area contributed by atoms with Gasteiger partial charge in [-0.25, -0.2) is 0 Å². The molecule has 12 heavy (non-hydrogen) atoms. The second kappa shape index (κ2) is 4.24. The Labute approximate surface area is 74.6 Å². The van der Waals surface area contributed by atoms with Crippen LogP contribution in [0.4, 0.5) is 0 Å². The van der Waals surface area contributed by atoms with E-state index in [0.29, 0.717) is 0 Å². The van der Waals surface area contributed by atoms with Crippen LogP contribution in [0.2, 0.25) is 0 Å². The summed E-state index contributed by atoms with van der Waals surface area (Å²) < 4.78 is 0. The third-order valence-electron chi connectivity index (χ3n) is 2.90. The van der Waals surface area contributed by atoms with Crippen LogP contribution < -0.4 is 0 Å². The molecule has 1 aliphatic rings. The molecule has 0 bridgehead atoms. The van der Waals surface area contributed by atoms with Crippen molar-refractivity contribution < 1.29 is 10.2 Å². The largest absolute Gasteiger partial charge is 0.393 e. The van der Waals surface area contributed by atoms with E-state index in [1.165, 1.54) is 0 Å². The molecule has 0 aromatic heterocycles. The van der Waals surface area contributed by atoms with Crippen LogP contribution in [0.1, 0.15) is 39.5 Å². The van der Waals surface area contributed by atoms with Gasteiger partial charge in [-0.05, 0) is 18.8 Å². The zero-order chi connectivity index (χ0) is 9.14. The molecule has 0 heterocycles. The Morgan fingerprint density at radius 3 is 2.25 bits per heavy atom. The van der Waals surface area contributed by atoms with Gasteiger partial charge < -0.3 is 10.2 Å². The van der Waals surface area contributed by atoms with Gasteiger partial charge in [0.05, 0.1) is 12.2 Å². The number of aliphatic hydroxyl groups is 2. The highest BCUT2D eigenvalue weighted by Crippen LogP contribution is 2.29. The summed E-state index contributed by atoms with van der Waals surface area (Å²) >= 11 is 0. The Bertz CT molecular complexity index is 134. The van der Waals surface area contributed by atoms with Crippen LogP contribution in [-0.2, 0) is 0 Å². The second-order valence-corrected chi connectivity index (χ2v) is 4.25. The molecular formula is C10H20O2. The lowest BCUT2D eigenvalue weighted by molar-refractivity contribution is -0.0320. The summed E-state index contributed by atoms with van der Waals surface area (Å²) in [4.78, 5) is 0. The van der Waals surface area contributed by atoms with Crippen molar-refractivity contribution in [3.8, 4) is 0 Å². The molecule has 0 amide bonds. The van der Waals surface area contributed by atoms with Crippen LogP contribution in [0, 0.1) is 11.8 Å². The summed E-state index contributed by atoms with van der Waals surface area (Å²) in [5, 5.41) is 19.4. The van der Waals surface area contributed by atoms with Gasteiger partial charge in [0.2, 0.25) is 0 Å². The van der Waals surface area contributed by atoms with Gasteiger partial charge in [-0.3, -0.25) is 0 Å². The van der Waals surface area contributed by atoms with Crippen molar-refractivity contribution >= 4 is 0 Å². The zero-order valence-corrected chi connectivity index (χ0v) is 8.03. The molecule has 0 unspecified atom stereocenters. The maximum absolute atomic E-state index is 9.76. The number of hydrogen-bond donors (Lipinski definition) is 2. The van der Waals surface area contributed by atoms with Crippen LogP contribution in [0.5, 0.6) is 0 Å². The average molecular weight is 172 g/mol. The maximum Gasteiger partial charge on any atom is 0.0615 e. The highest BCUT2D eigenvalue weighted by molar-refractivity contribution is 4.81. The van der Waals surface area contributed by atoms with Crippen molar-refractivity contribution in [2.45, 2.75) is 51.7 Å². The molecule has 1 aliphatic carbocycles. The van der Waals surface area contributed by atoms with E-state index in [4.69, 9.17) is 0 Å². The minimum atomic E-state index is -0.319. The minimum Gasteiger partial charge on any atom is -0.393 e. The standard InChI is InChI=1S/C10H20O2/c1-7(2)10(12)8-5-3-4-6-9(8)11/h7-12H,3-6H2,1-2H3/t8-,9+,10-/m0/s1. The summed E-state index contributed by atoms with van der Waals surface area (Å²) in [6, 6.07) is 0. The monoisotopic (exact) mass is 172 g/mol. The molecule has 0 aromatic rings. The van der Waals surface area contributed by atoms with E-state index in [0.717, 1.165) is 25.7 Å². The molecule has 1 saturated carbocycles. The normalized spacial score (nSPS) is 33.8. The quantitative estimate of drug-likeness (QED) is 0.663. The highest BCUT2D eigenvalue weighted by atomic mass is 16.3. The first-order chi connectivity index (χ1) is 5.63. The Kier molecular flexibility index (Phi) is 3.53. The first-order valence-electron chi connectivity index (χ1n) is 4.99. The van der Waals surface area contributed by atoms with Crippen LogP contribution in [0.15, 0.2) is 0 Å². The number of rotatable bonds is 2. The van der Waals surface area contributed by atoms with Gasteiger partial charge in [0.15, 0.2) is 0 Å². The summed E-state index contributed by atoms with van der Waals surface area (Å²) in [7, 11) is 0. The van der Waals surface area contributed by atoms with Gasteiger partial charge >= 0.3 is 0 Å². The number of hydrogen-bond acceptors (Lipinski definition) is 2. The maximum atomic E-state index is 9.76. The average Bonchev–Trinajstić information content (AvgIpc) is 2.04. The van der Waals surface area contributed by atoms with E-state index in [1.54, 1.807) is 0 Å². The van der Waals surface area contributed by atoms with Crippen LogP contribution in [0.3, 0.4) is 0 Å². The first-order valence-corrected chi connectivity index (χ1v) is 4.99. The lowest BCUT2D eigenvalue weighted by Crippen LogP contribution is -2.37. The summed E-state index contributed by atoms with van der Waals surface area (Å²) in [5.41, 5.74) is 0. The first kappa shape index (κ1) is 10.0. The molecule has 72 valence electrons. The molecule has 2 N–H and O–H groups in total. The van der Waals surface area contributed by atoms with Crippen molar-refractivity contribution in [2.75, 3.05) is 0 Å². The lowest BCUT2D eigenvalue weighted by atomic mass is 9.79. The fraction of sp³-hybridized carbons (Fsp3) is 1.00. The zero-order valence-electron chi connectivity index (χ0n) is 8.03. The van der Waals surface area contributed by atoms with Gasteiger partial charge in [0, 0.05) is 5.92 Å². The SMILES string of the molecule is CC(C)[C@H](O)[C@H]1CCCC[C@H]1O. The van der Waals surface area contributed by atoms with Crippen molar-refractivity contribution in [3.05, 3.63) is 0 Å². The molecule has 0 aliphatic heterocycles. The van der Waals surface area contributed by atoms with Crippen LogP contribution in [-0.4, -0.2) is 22.4 Å². The van der Waals surface area contributed by atoms with Gasteiger partial charge in [-0.1, -0.05) is 26.7 Å². The van der Waals surface area contributed by atoms with E-state index >= 15 is 0 Å². The van der Waals surface area contributed by atoms with Gasteiger partial charge in [0.1, 0.15) is 0 Å². The van der Waals surface area contributed by atoms with E-state index in [2.05, 4.69) is 0 Å². The molecule has 0 saturated heterocycles. The molecule has 0 aromatic carbocycles. The summed E-state index contributed by atoms with van der Waals surface area (Å²) in [6.07, 6.45) is 3.54. The predicted molar refractivity (Wildman–Crippen MR) is 48.8 cm³/mol. The Balaban J connectivity index is 2.47. The van der Waals surface area contributed by atoms with E-state index in [-0.39, 0.29) is 24.0 Å².